The smallest absolute Gasteiger partial charge is 0.261 e. The molecule has 1 N–H and O–H groups in total. The molecule has 30 heavy (non-hydrogen) atoms. The molecule has 0 amide bonds. The quantitative estimate of drug-likeness (QED) is 0.374. The van der Waals surface area contributed by atoms with E-state index in [2.05, 4.69) is 11.6 Å². The number of benzene rings is 3. The Morgan fingerprint density at radius 2 is 1.47 bits per heavy atom. The van der Waals surface area contributed by atoms with Gasteiger partial charge in [-0.1, -0.05) is 68.7 Å². The number of anilines is 1. The van der Waals surface area contributed by atoms with Gasteiger partial charge in [-0.3, -0.25) is 4.72 Å². The van der Waals surface area contributed by atoms with Crippen LogP contribution in [0, 0.1) is 0 Å². The molecule has 5 heteroatoms. The van der Waals surface area contributed by atoms with Gasteiger partial charge in [-0.15, -0.1) is 0 Å². The first-order valence-electron chi connectivity index (χ1n) is 10.5. The highest BCUT2D eigenvalue weighted by Crippen LogP contribution is 2.21. The lowest BCUT2D eigenvalue weighted by molar-refractivity contribution is 0.306. The first kappa shape index (κ1) is 21.9. The van der Waals surface area contributed by atoms with Crippen molar-refractivity contribution in [2.45, 2.75) is 50.5 Å². The molecule has 0 atom stereocenters. The summed E-state index contributed by atoms with van der Waals surface area (Å²) in [6, 6.07) is 24.0. The molecule has 0 radical (unpaired) electrons. The fourth-order valence-corrected chi connectivity index (χ4v) is 4.22. The van der Waals surface area contributed by atoms with Crippen molar-refractivity contribution in [2.24, 2.45) is 0 Å². The Kier molecular flexibility index (Phi) is 7.91. The molecule has 4 nitrogen and oxygen atoms in total. The van der Waals surface area contributed by atoms with Crippen LogP contribution in [0.1, 0.15) is 43.7 Å². The second kappa shape index (κ2) is 10.8. The van der Waals surface area contributed by atoms with Crippen molar-refractivity contribution < 1.29 is 13.2 Å². The van der Waals surface area contributed by atoms with Crippen LogP contribution in [-0.4, -0.2) is 8.42 Å². The summed E-state index contributed by atoms with van der Waals surface area (Å²) in [7, 11) is -3.62. The molecule has 0 aromatic heterocycles. The first-order valence-corrected chi connectivity index (χ1v) is 11.9. The average molecular weight is 424 g/mol. The lowest BCUT2D eigenvalue weighted by Gasteiger charge is -2.10. The van der Waals surface area contributed by atoms with Crippen LogP contribution in [-0.2, 0) is 23.1 Å². The van der Waals surface area contributed by atoms with Crippen molar-refractivity contribution in [3.05, 3.63) is 90.0 Å². The molecule has 0 aliphatic rings. The summed E-state index contributed by atoms with van der Waals surface area (Å²) in [4.78, 5) is 0.268. The monoisotopic (exact) mass is 423 g/mol. The minimum atomic E-state index is -3.62. The first-order chi connectivity index (χ1) is 14.6. The summed E-state index contributed by atoms with van der Waals surface area (Å²) in [6.45, 7) is 2.66. The van der Waals surface area contributed by atoms with Crippen LogP contribution in [0.25, 0.3) is 0 Å². The molecule has 0 unspecified atom stereocenters. The van der Waals surface area contributed by atoms with Crippen LogP contribution >= 0.6 is 0 Å². The number of rotatable bonds is 11. The number of hydrogen-bond acceptors (Lipinski definition) is 3. The lowest BCUT2D eigenvalue weighted by Crippen LogP contribution is -2.12. The van der Waals surface area contributed by atoms with E-state index >= 15 is 0 Å². The molecular weight excluding hydrogens is 394 g/mol. The van der Waals surface area contributed by atoms with Gasteiger partial charge >= 0.3 is 0 Å². The van der Waals surface area contributed by atoms with Gasteiger partial charge in [-0.05, 0) is 60.4 Å². The van der Waals surface area contributed by atoms with Gasteiger partial charge < -0.3 is 4.74 Å². The summed E-state index contributed by atoms with van der Waals surface area (Å²) in [6.07, 6.45) is 5.79. The van der Waals surface area contributed by atoms with Crippen molar-refractivity contribution in [1.29, 1.82) is 0 Å². The van der Waals surface area contributed by atoms with E-state index in [9.17, 15) is 8.42 Å². The van der Waals surface area contributed by atoms with E-state index in [0.717, 1.165) is 18.4 Å². The van der Waals surface area contributed by atoms with E-state index in [1.165, 1.54) is 24.8 Å². The van der Waals surface area contributed by atoms with Crippen molar-refractivity contribution in [3.63, 3.8) is 0 Å². The molecule has 158 valence electrons. The van der Waals surface area contributed by atoms with Crippen LogP contribution < -0.4 is 9.46 Å². The van der Waals surface area contributed by atoms with E-state index in [1.807, 2.05) is 42.5 Å². The summed E-state index contributed by atoms with van der Waals surface area (Å²) < 4.78 is 33.7. The molecule has 0 aliphatic heterocycles. The average Bonchev–Trinajstić information content (AvgIpc) is 2.77. The van der Waals surface area contributed by atoms with Crippen molar-refractivity contribution in [1.82, 2.24) is 0 Å². The highest BCUT2D eigenvalue weighted by atomic mass is 32.2. The fraction of sp³-hybridized carbons (Fsp3) is 0.280. The highest BCUT2D eigenvalue weighted by Gasteiger charge is 2.14. The number of unbranched alkanes of at least 4 members (excludes halogenated alkanes) is 3. The Bertz CT molecular complexity index is 999. The Morgan fingerprint density at radius 1 is 0.767 bits per heavy atom. The third-order valence-electron chi connectivity index (χ3n) is 4.91. The molecule has 3 aromatic carbocycles. The molecule has 0 heterocycles. The third kappa shape index (κ3) is 6.63. The van der Waals surface area contributed by atoms with Gasteiger partial charge in [-0.25, -0.2) is 8.42 Å². The van der Waals surface area contributed by atoms with Crippen LogP contribution in [0.2, 0.25) is 0 Å². The zero-order valence-electron chi connectivity index (χ0n) is 17.4. The molecular formula is C25H29NO3S. The topological polar surface area (TPSA) is 55.4 Å². The van der Waals surface area contributed by atoms with Gasteiger partial charge in [0.15, 0.2) is 0 Å². The maximum Gasteiger partial charge on any atom is 0.261 e. The second-order valence-corrected chi connectivity index (χ2v) is 9.04. The molecule has 3 rings (SSSR count). The summed E-state index contributed by atoms with van der Waals surface area (Å²) in [5.74, 6) is 0.689. The zero-order valence-corrected chi connectivity index (χ0v) is 18.2. The minimum Gasteiger partial charge on any atom is -0.489 e. The standard InChI is InChI=1S/C25H29NO3S/c1-2-3-4-6-9-21-12-18-25(19-13-21)30(27,28)26-23-14-16-24(17-15-23)29-20-22-10-7-5-8-11-22/h5,7-8,10-19,26H,2-4,6,9,20H2,1H3. The summed E-state index contributed by atoms with van der Waals surface area (Å²) in [5.41, 5.74) is 2.76. The third-order valence-corrected chi connectivity index (χ3v) is 6.30. The minimum absolute atomic E-state index is 0.268. The predicted molar refractivity (Wildman–Crippen MR) is 122 cm³/mol. The van der Waals surface area contributed by atoms with E-state index in [1.54, 1.807) is 36.4 Å². The van der Waals surface area contributed by atoms with Gasteiger partial charge in [-0.2, -0.15) is 0 Å². The predicted octanol–water partition coefficient (Wildman–Crippen LogP) is 6.19. The number of ether oxygens (including phenoxy) is 1. The van der Waals surface area contributed by atoms with E-state index in [4.69, 9.17) is 4.74 Å². The lowest BCUT2D eigenvalue weighted by atomic mass is 10.1. The van der Waals surface area contributed by atoms with Crippen LogP contribution in [0.5, 0.6) is 5.75 Å². The summed E-state index contributed by atoms with van der Waals surface area (Å²) >= 11 is 0. The van der Waals surface area contributed by atoms with Gasteiger partial charge in [0.05, 0.1) is 4.90 Å². The largest absolute Gasteiger partial charge is 0.489 e. The number of sulfonamides is 1. The van der Waals surface area contributed by atoms with Crippen molar-refractivity contribution >= 4 is 15.7 Å². The molecule has 0 aliphatic carbocycles. The Balaban J connectivity index is 1.55. The van der Waals surface area contributed by atoms with Gasteiger partial charge in [0.1, 0.15) is 12.4 Å². The number of nitrogens with one attached hydrogen (secondary N) is 1. The maximum atomic E-state index is 12.7. The maximum absolute atomic E-state index is 12.7. The van der Waals surface area contributed by atoms with Gasteiger partial charge in [0.2, 0.25) is 0 Å². The molecule has 0 fully saturated rings. The summed E-state index contributed by atoms with van der Waals surface area (Å²) in [5, 5.41) is 0. The normalized spacial score (nSPS) is 11.2. The van der Waals surface area contributed by atoms with Crippen molar-refractivity contribution in [2.75, 3.05) is 4.72 Å². The number of aryl methyl sites for hydroxylation is 1. The SMILES string of the molecule is CCCCCCc1ccc(S(=O)(=O)Nc2ccc(OCc3ccccc3)cc2)cc1. The zero-order chi connectivity index (χ0) is 21.2. The van der Waals surface area contributed by atoms with E-state index < -0.39 is 10.0 Å². The Hall–Kier alpha value is -2.79. The van der Waals surface area contributed by atoms with E-state index in [0.29, 0.717) is 18.0 Å². The Labute approximate surface area is 180 Å². The molecule has 0 bridgehead atoms. The van der Waals surface area contributed by atoms with Crippen LogP contribution in [0.3, 0.4) is 0 Å². The molecule has 0 saturated heterocycles. The van der Waals surface area contributed by atoms with Gasteiger partial charge in [0, 0.05) is 5.69 Å². The molecule has 3 aromatic rings. The Morgan fingerprint density at radius 3 is 2.13 bits per heavy atom. The number of hydrogen-bond donors (Lipinski definition) is 1. The molecule has 0 spiro atoms. The second-order valence-electron chi connectivity index (χ2n) is 7.36. The highest BCUT2D eigenvalue weighted by molar-refractivity contribution is 7.92. The van der Waals surface area contributed by atoms with Crippen LogP contribution in [0.15, 0.2) is 83.8 Å². The van der Waals surface area contributed by atoms with E-state index in [-0.39, 0.29) is 4.90 Å². The van der Waals surface area contributed by atoms with Crippen LogP contribution in [0.4, 0.5) is 5.69 Å². The fourth-order valence-electron chi connectivity index (χ4n) is 3.17. The van der Waals surface area contributed by atoms with Gasteiger partial charge in [0.25, 0.3) is 10.0 Å². The van der Waals surface area contributed by atoms with Crippen molar-refractivity contribution in [3.8, 4) is 5.75 Å². The molecule has 0 saturated carbocycles.